The fourth-order valence-corrected chi connectivity index (χ4v) is 1.25. The lowest BCUT2D eigenvalue weighted by atomic mass is 10.0. The van der Waals surface area contributed by atoms with Gasteiger partial charge in [0.2, 0.25) is 0 Å². The summed E-state index contributed by atoms with van der Waals surface area (Å²) in [5.41, 5.74) is 0. The van der Waals surface area contributed by atoms with Crippen molar-refractivity contribution < 1.29 is 0 Å². The topological polar surface area (TPSA) is 47.9 Å². The lowest BCUT2D eigenvalue weighted by Crippen LogP contribution is -2.55. The van der Waals surface area contributed by atoms with E-state index in [9.17, 15) is 0 Å². The first-order valence-electron chi connectivity index (χ1n) is 4.10. The Balaban J connectivity index is 2.31. The molecule has 1 rings (SSSR count). The molecule has 0 amide bonds. The van der Waals surface area contributed by atoms with Crippen molar-refractivity contribution in [3.05, 3.63) is 0 Å². The zero-order chi connectivity index (χ0) is 8.27. The molecule has 2 atom stereocenters. The molecular weight excluding hydrogens is 138 g/mol. The second kappa shape index (κ2) is 3.70. The molecule has 1 aliphatic heterocycles. The monoisotopic (exact) mass is 153 g/mol. The molecule has 3 heteroatoms. The standard InChI is InChI=1S/C8H15N3/c1-6(2)8-5-10-7(3-9)4-11-8/h6-8,10-11H,4-5H2,1-2H3. The van der Waals surface area contributed by atoms with E-state index in [1.54, 1.807) is 0 Å². The fraction of sp³-hybridized carbons (Fsp3) is 0.875. The van der Waals surface area contributed by atoms with Gasteiger partial charge in [-0.05, 0) is 5.92 Å². The summed E-state index contributed by atoms with van der Waals surface area (Å²) in [5.74, 6) is 0.641. The Kier molecular flexibility index (Phi) is 2.86. The third-order valence-corrected chi connectivity index (χ3v) is 2.13. The molecule has 1 saturated heterocycles. The lowest BCUT2D eigenvalue weighted by Gasteiger charge is -2.30. The van der Waals surface area contributed by atoms with Crippen LogP contribution in [0.1, 0.15) is 13.8 Å². The molecule has 3 nitrogen and oxygen atoms in total. The minimum atomic E-state index is 0.00463. The van der Waals surface area contributed by atoms with Gasteiger partial charge >= 0.3 is 0 Å². The van der Waals surface area contributed by atoms with Crippen molar-refractivity contribution in [2.75, 3.05) is 13.1 Å². The van der Waals surface area contributed by atoms with E-state index < -0.39 is 0 Å². The van der Waals surface area contributed by atoms with Crippen LogP contribution < -0.4 is 10.6 Å². The summed E-state index contributed by atoms with van der Waals surface area (Å²) in [6, 6.07) is 2.72. The molecule has 1 fully saturated rings. The van der Waals surface area contributed by atoms with Crippen LogP contribution in [-0.4, -0.2) is 25.2 Å². The zero-order valence-electron chi connectivity index (χ0n) is 7.09. The lowest BCUT2D eigenvalue weighted by molar-refractivity contribution is 0.319. The smallest absolute Gasteiger partial charge is 0.108 e. The van der Waals surface area contributed by atoms with Gasteiger partial charge in [0.05, 0.1) is 6.07 Å². The van der Waals surface area contributed by atoms with Crippen molar-refractivity contribution in [2.24, 2.45) is 5.92 Å². The molecule has 0 spiro atoms. The Bertz CT molecular complexity index is 151. The number of nitrogens with zero attached hydrogens (tertiary/aromatic N) is 1. The van der Waals surface area contributed by atoms with E-state index in [0.717, 1.165) is 13.1 Å². The molecule has 0 radical (unpaired) electrons. The quantitative estimate of drug-likeness (QED) is 0.561. The Labute approximate surface area is 67.8 Å². The number of piperazine rings is 1. The molecule has 2 unspecified atom stereocenters. The van der Waals surface area contributed by atoms with Crippen molar-refractivity contribution in [2.45, 2.75) is 25.9 Å². The molecule has 62 valence electrons. The van der Waals surface area contributed by atoms with Gasteiger partial charge in [-0.25, -0.2) is 0 Å². The maximum atomic E-state index is 8.56. The van der Waals surface area contributed by atoms with Crippen LogP contribution in [0.4, 0.5) is 0 Å². The molecule has 0 aliphatic carbocycles. The highest BCUT2D eigenvalue weighted by Crippen LogP contribution is 2.03. The van der Waals surface area contributed by atoms with Crippen LogP contribution in [-0.2, 0) is 0 Å². The van der Waals surface area contributed by atoms with Crippen LogP contribution in [0.5, 0.6) is 0 Å². The number of nitrogens with one attached hydrogen (secondary N) is 2. The highest BCUT2D eigenvalue weighted by Gasteiger charge is 2.20. The van der Waals surface area contributed by atoms with Gasteiger partial charge in [0.25, 0.3) is 0 Å². The Morgan fingerprint density at radius 1 is 1.36 bits per heavy atom. The molecule has 2 N–H and O–H groups in total. The third-order valence-electron chi connectivity index (χ3n) is 2.13. The van der Waals surface area contributed by atoms with E-state index in [-0.39, 0.29) is 6.04 Å². The van der Waals surface area contributed by atoms with E-state index in [1.807, 2.05) is 0 Å². The molecular formula is C8H15N3. The molecule has 0 aromatic carbocycles. The van der Waals surface area contributed by atoms with Crippen LogP contribution in [0.25, 0.3) is 0 Å². The fourth-order valence-electron chi connectivity index (χ4n) is 1.25. The Morgan fingerprint density at radius 2 is 2.09 bits per heavy atom. The molecule has 1 heterocycles. The SMILES string of the molecule is CC(C)C1CNC(C#N)CN1. The number of hydrogen-bond donors (Lipinski definition) is 2. The average Bonchev–Trinajstić information content (AvgIpc) is 2.05. The maximum absolute atomic E-state index is 8.56. The number of nitriles is 1. The Morgan fingerprint density at radius 3 is 2.45 bits per heavy atom. The van der Waals surface area contributed by atoms with Crippen molar-refractivity contribution in [1.82, 2.24) is 10.6 Å². The van der Waals surface area contributed by atoms with Crippen molar-refractivity contribution >= 4 is 0 Å². The van der Waals surface area contributed by atoms with Crippen molar-refractivity contribution in [3.63, 3.8) is 0 Å². The van der Waals surface area contributed by atoms with Gasteiger partial charge in [-0.3, -0.25) is 5.32 Å². The largest absolute Gasteiger partial charge is 0.310 e. The Hall–Kier alpha value is -0.590. The van der Waals surface area contributed by atoms with Crippen LogP contribution >= 0.6 is 0 Å². The van der Waals surface area contributed by atoms with Gasteiger partial charge in [0, 0.05) is 19.1 Å². The maximum Gasteiger partial charge on any atom is 0.108 e. The van der Waals surface area contributed by atoms with Gasteiger partial charge in [-0.15, -0.1) is 0 Å². The highest BCUT2D eigenvalue weighted by molar-refractivity contribution is 4.96. The third kappa shape index (κ3) is 2.18. The van der Waals surface area contributed by atoms with E-state index in [1.165, 1.54) is 0 Å². The van der Waals surface area contributed by atoms with Crippen molar-refractivity contribution in [1.29, 1.82) is 5.26 Å². The van der Waals surface area contributed by atoms with Gasteiger partial charge in [0.1, 0.15) is 6.04 Å². The minimum absolute atomic E-state index is 0.00463. The predicted molar refractivity (Wildman–Crippen MR) is 44.0 cm³/mol. The summed E-state index contributed by atoms with van der Waals surface area (Å²) < 4.78 is 0. The van der Waals surface area contributed by atoms with Gasteiger partial charge in [-0.2, -0.15) is 5.26 Å². The highest BCUT2D eigenvalue weighted by atomic mass is 15.1. The molecule has 0 saturated carbocycles. The predicted octanol–water partition coefficient (Wildman–Crippen LogP) is 0.0960. The van der Waals surface area contributed by atoms with Crippen LogP contribution in [0.15, 0.2) is 0 Å². The summed E-state index contributed by atoms with van der Waals surface area (Å²) in [6.07, 6.45) is 0. The summed E-state index contributed by atoms with van der Waals surface area (Å²) in [5, 5.41) is 15.1. The minimum Gasteiger partial charge on any atom is -0.310 e. The first kappa shape index (κ1) is 8.51. The van der Waals surface area contributed by atoms with Gasteiger partial charge in [-0.1, -0.05) is 13.8 Å². The number of rotatable bonds is 1. The van der Waals surface area contributed by atoms with E-state index in [4.69, 9.17) is 5.26 Å². The second-order valence-corrected chi connectivity index (χ2v) is 3.35. The first-order valence-corrected chi connectivity index (χ1v) is 4.10. The van der Waals surface area contributed by atoms with Gasteiger partial charge in [0.15, 0.2) is 0 Å². The number of hydrogen-bond acceptors (Lipinski definition) is 3. The van der Waals surface area contributed by atoms with E-state index in [0.29, 0.717) is 12.0 Å². The van der Waals surface area contributed by atoms with Crippen LogP contribution in [0.2, 0.25) is 0 Å². The molecule has 1 aliphatic rings. The second-order valence-electron chi connectivity index (χ2n) is 3.35. The van der Waals surface area contributed by atoms with Crippen molar-refractivity contribution in [3.8, 4) is 6.07 Å². The van der Waals surface area contributed by atoms with Crippen LogP contribution in [0.3, 0.4) is 0 Å². The van der Waals surface area contributed by atoms with E-state index >= 15 is 0 Å². The van der Waals surface area contributed by atoms with Crippen LogP contribution in [0, 0.1) is 17.2 Å². The molecule has 0 aromatic heterocycles. The summed E-state index contributed by atoms with van der Waals surface area (Å²) in [4.78, 5) is 0. The van der Waals surface area contributed by atoms with E-state index in [2.05, 4.69) is 30.6 Å². The molecule has 0 bridgehead atoms. The van der Waals surface area contributed by atoms with Gasteiger partial charge < -0.3 is 5.32 Å². The first-order chi connectivity index (χ1) is 5.24. The molecule has 11 heavy (non-hydrogen) atoms. The zero-order valence-corrected chi connectivity index (χ0v) is 7.09. The summed E-state index contributed by atoms with van der Waals surface area (Å²) in [7, 11) is 0. The normalized spacial score (nSPS) is 31.8. The summed E-state index contributed by atoms with van der Waals surface area (Å²) in [6.45, 7) is 6.06. The molecule has 0 aromatic rings. The average molecular weight is 153 g/mol. The summed E-state index contributed by atoms with van der Waals surface area (Å²) >= 11 is 0.